The molecule has 1 saturated carbocycles. The molecule has 4 heteroatoms. The average molecular weight is 212 g/mol. The SMILES string of the molecule is CC1CN(C(=O)C2CC2C)CC(CN)O1. The fourth-order valence-electron chi connectivity index (χ4n) is 2.26. The van der Waals surface area contributed by atoms with Crippen molar-refractivity contribution in [1.82, 2.24) is 4.90 Å². The molecule has 0 aromatic carbocycles. The Morgan fingerprint density at radius 1 is 1.47 bits per heavy atom. The zero-order valence-electron chi connectivity index (χ0n) is 9.48. The van der Waals surface area contributed by atoms with Crippen molar-refractivity contribution in [3.8, 4) is 0 Å². The third-order valence-electron chi connectivity index (χ3n) is 3.33. The van der Waals surface area contributed by atoms with E-state index in [1.54, 1.807) is 0 Å². The molecular weight excluding hydrogens is 192 g/mol. The Labute approximate surface area is 90.8 Å². The zero-order chi connectivity index (χ0) is 11.0. The summed E-state index contributed by atoms with van der Waals surface area (Å²) in [5.74, 6) is 1.15. The van der Waals surface area contributed by atoms with Crippen LogP contribution >= 0.6 is 0 Å². The van der Waals surface area contributed by atoms with Gasteiger partial charge in [-0.2, -0.15) is 0 Å². The topological polar surface area (TPSA) is 55.6 Å². The summed E-state index contributed by atoms with van der Waals surface area (Å²) in [7, 11) is 0. The Bertz CT molecular complexity index is 257. The summed E-state index contributed by atoms with van der Waals surface area (Å²) < 4.78 is 5.62. The Hall–Kier alpha value is -0.610. The summed E-state index contributed by atoms with van der Waals surface area (Å²) >= 11 is 0. The highest BCUT2D eigenvalue weighted by Gasteiger charge is 2.43. The van der Waals surface area contributed by atoms with E-state index in [0.29, 0.717) is 24.9 Å². The molecule has 0 aromatic rings. The van der Waals surface area contributed by atoms with E-state index < -0.39 is 0 Å². The standard InChI is InChI=1S/C11H20N2O2/c1-7-3-10(7)11(14)13-5-8(2)15-9(4-12)6-13/h7-10H,3-6,12H2,1-2H3. The second-order valence-corrected chi connectivity index (χ2v) is 4.87. The first-order chi connectivity index (χ1) is 7.11. The van der Waals surface area contributed by atoms with E-state index in [0.717, 1.165) is 13.0 Å². The second kappa shape index (κ2) is 4.10. The Morgan fingerprint density at radius 3 is 2.67 bits per heavy atom. The van der Waals surface area contributed by atoms with Gasteiger partial charge in [0.15, 0.2) is 0 Å². The highest BCUT2D eigenvalue weighted by atomic mass is 16.5. The molecule has 1 aliphatic heterocycles. The van der Waals surface area contributed by atoms with E-state index in [1.165, 1.54) is 0 Å². The van der Waals surface area contributed by atoms with Gasteiger partial charge in [0.2, 0.25) is 5.91 Å². The fourth-order valence-corrected chi connectivity index (χ4v) is 2.26. The van der Waals surface area contributed by atoms with Crippen LogP contribution in [0.2, 0.25) is 0 Å². The Morgan fingerprint density at radius 2 is 2.13 bits per heavy atom. The first kappa shape index (κ1) is 10.9. The van der Waals surface area contributed by atoms with Crippen LogP contribution in [0.4, 0.5) is 0 Å². The minimum Gasteiger partial charge on any atom is -0.370 e. The maximum absolute atomic E-state index is 12.0. The first-order valence-corrected chi connectivity index (χ1v) is 5.76. The third kappa shape index (κ3) is 2.32. The summed E-state index contributed by atoms with van der Waals surface area (Å²) in [4.78, 5) is 13.9. The summed E-state index contributed by atoms with van der Waals surface area (Å²) in [5, 5.41) is 0. The van der Waals surface area contributed by atoms with Crippen LogP contribution in [0.5, 0.6) is 0 Å². The summed E-state index contributed by atoms with van der Waals surface area (Å²) in [6, 6.07) is 0. The van der Waals surface area contributed by atoms with Gasteiger partial charge in [0.1, 0.15) is 0 Å². The molecule has 2 aliphatic rings. The van der Waals surface area contributed by atoms with Gasteiger partial charge in [0.25, 0.3) is 0 Å². The maximum atomic E-state index is 12.0. The molecule has 4 nitrogen and oxygen atoms in total. The van der Waals surface area contributed by atoms with Crippen LogP contribution in [0, 0.1) is 11.8 Å². The number of hydrogen-bond donors (Lipinski definition) is 1. The summed E-state index contributed by atoms with van der Waals surface area (Å²) in [5.41, 5.74) is 5.58. The van der Waals surface area contributed by atoms with Crippen molar-refractivity contribution in [2.45, 2.75) is 32.5 Å². The minimum atomic E-state index is 0.0201. The molecule has 2 fully saturated rings. The lowest BCUT2D eigenvalue weighted by Crippen LogP contribution is -2.51. The van der Waals surface area contributed by atoms with Crippen LogP contribution in [0.1, 0.15) is 20.3 Å². The van der Waals surface area contributed by atoms with Gasteiger partial charge in [-0.15, -0.1) is 0 Å². The maximum Gasteiger partial charge on any atom is 0.226 e. The van der Waals surface area contributed by atoms with Crippen LogP contribution < -0.4 is 5.73 Å². The molecule has 1 amide bonds. The zero-order valence-corrected chi connectivity index (χ0v) is 9.48. The van der Waals surface area contributed by atoms with E-state index in [9.17, 15) is 4.79 Å². The number of carbonyl (C=O) groups excluding carboxylic acids is 1. The molecule has 4 atom stereocenters. The molecular formula is C11H20N2O2. The smallest absolute Gasteiger partial charge is 0.226 e. The van der Waals surface area contributed by atoms with Gasteiger partial charge >= 0.3 is 0 Å². The van der Waals surface area contributed by atoms with Crippen LogP contribution in [0.3, 0.4) is 0 Å². The number of amides is 1. The lowest BCUT2D eigenvalue weighted by molar-refractivity contribution is -0.145. The van der Waals surface area contributed by atoms with E-state index in [1.807, 2.05) is 11.8 Å². The van der Waals surface area contributed by atoms with Gasteiger partial charge in [0.05, 0.1) is 12.2 Å². The highest BCUT2D eigenvalue weighted by molar-refractivity contribution is 5.81. The molecule has 1 heterocycles. The first-order valence-electron chi connectivity index (χ1n) is 5.76. The molecule has 2 rings (SSSR count). The molecule has 86 valence electrons. The molecule has 1 aliphatic carbocycles. The van der Waals surface area contributed by atoms with Gasteiger partial charge in [0, 0.05) is 25.6 Å². The normalized spacial score (nSPS) is 40.3. The van der Waals surface area contributed by atoms with Crippen molar-refractivity contribution in [1.29, 1.82) is 0 Å². The van der Waals surface area contributed by atoms with E-state index in [4.69, 9.17) is 10.5 Å². The van der Waals surface area contributed by atoms with Crippen LogP contribution in [-0.4, -0.2) is 42.6 Å². The molecule has 15 heavy (non-hydrogen) atoms. The van der Waals surface area contributed by atoms with Gasteiger partial charge < -0.3 is 15.4 Å². The predicted molar refractivity (Wildman–Crippen MR) is 57.2 cm³/mol. The Kier molecular flexibility index (Phi) is 2.98. The molecule has 1 saturated heterocycles. The van der Waals surface area contributed by atoms with Crippen molar-refractivity contribution in [2.75, 3.05) is 19.6 Å². The monoisotopic (exact) mass is 212 g/mol. The number of morpholine rings is 1. The number of hydrogen-bond acceptors (Lipinski definition) is 3. The number of ether oxygens (including phenoxy) is 1. The molecule has 2 N–H and O–H groups in total. The number of rotatable bonds is 2. The van der Waals surface area contributed by atoms with E-state index in [-0.39, 0.29) is 18.1 Å². The van der Waals surface area contributed by atoms with Gasteiger partial charge in [-0.1, -0.05) is 6.92 Å². The third-order valence-corrected chi connectivity index (χ3v) is 3.33. The quantitative estimate of drug-likeness (QED) is 0.712. The van der Waals surface area contributed by atoms with Crippen molar-refractivity contribution in [3.63, 3.8) is 0 Å². The summed E-state index contributed by atoms with van der Waals surface area (Å²) in [6.45, 7) is 6.01. The molecule has 0 spiro atoms. The van der Waals surface area contributed by atoms with Gasteiger partial charge in [-0.3, -0.25) is 4.79 Å². The second-order valence-electron chi connectivity index (χ2n) is 4.87. The predicted octanol–water partition coefficient (Wildman–Crippen LogP) is 0.217. The van der Waals surface area contributed by atoms with Crippen molar-refractivity contribution < 1.29 is 9.53 Å². The van der Waals surface area contributed by atoms with Gasteiger partial charge in [-0.25, -0.2) is 0 Å². The van der Waals surface area contributed by atoms with Crippen LogP contribution in [0.25, 0.3) is 0 Å². The lowest BCUT2D eigenvalue weighted by Gasteiger charge is -2.36. The number of carbonyl (C=O) groups is 1. The van der Waals surface area contributed by atoms with Crippen molar-refractivity contribution in [3.05, 3.63) is 0 Å². The van der Waals surface area contributed by atoms with Crippen LogP contribution in [0.15, 0.2) is 0 Å². The van der Waals surface area contributed by atoms with E-state index in [2.05, 4.69) is 6.92 Å². The van der Waals surface area contributed by atoms with Gasteiger partial charge in [-0.05, 0) is 19.3 Å². The minimum absolute atomic E-state index is 0.0201. The molecule has 0 radical (unpaired) electrons. The van der Waals surface area contributed by atoms with Crippen LogP contribution in [-0.2, 0) is 9.53 Å². The largest absolute Gasteiger partial charge is 0.370 e. The van der Waals surface area contributed by atoms with E-state index >= 15 is 0 Å². The Balaban J connectivity index is 1.93. The molecule has 0 bridgehead atoms. The molecule has 4 unspecified atom stereocenters. The van der Waals surface area contributed by atoms with Crippen molar-refractivity contribution in [2.24, 2.45) is 17.6 Å². The number of nitrogens with zero attached hydrogens (tertiary/aromatic N) is 1. The fraction of sp³-hybridized carbons (Fsp3) is 0.909. The van der Waals surface area contributed by atoms with Crippen molar-refractivity contribution >= 4 is 5.91 Å². The average Bonchev–Trinajstić information content (AvgIpc) is 2.93. The summed E-state index contributed by atoms with van der Waals surface area (Å²) in [6.07, 6.45) is 1.19. The molecule has 0 aromatic heterocycles. The number of nitrogens with two attached hydrogens (primary N) is 1. The highest BCUT2D eigenvalue weighted by Crippen LogP contribution is 2.39. The lowest BCUT2D eigenvalue weighted by atomic mass is 10.2.